The van der Waals surface area contributed by atoms with Crippen molar-refractivity contribution in [2.45, 2.75) is 12.8 Å². The van der Waals surface area contributed by atoms with Crippen LogP contribution >= 0.6 is 22.7 Å². The molecule has 5 nitrogen and oxygen atoms in total. The minimum atomic E-state index is -0.218. The highest BCUT2D eigenvalue weighted by molar-refractivity contribution is 7.14. The van der Waals surface area contributed by atoms with Crippen molar-refractivity contribution in [2.24, 2.45) is 0 Å². The zero-order valence-electron chi connectivity index (χ0n) is 15.9. The predicted molar refractivity (Wildman–Crippen MR) is 119 cm³/mol. The van der Waals surface area contributed by atoms with Crippen molar-refractivity contribution in [1.29, 1.82) is 0 Å². The molecule has 0 saturated carbocycles. The number of para-hydroxylation sites is 1. The third-order valence-corrected chi connectivity index (χ3v) is 6.75. The van der Waals surface area contributed by atoms with Crippen LogP contribution in [0.1, 0.15) is 30.9 Å². The molecule has 0 spiro atoms. The lowest BCUT2D eigenvalue weighted by atomic mass is 9.96. The molecule has 0 aliphatic heterocycles. The molecule has 4 rings (SSSR count). The summed E-state index contributed by atoms with van der Waals surface area (Å²) < 4.78 is 0. The molecule has 7 heteroatoms. The van der Waals surface area contributed by atoms with Gasteiger partial charge < -0.3 is 15.6 Å². The average Bonchev–Trinajstić information content (AvgIpc) is 3.48. The van der Waals surface area contributed by atoms with E-state index in [1.54, 1.807) is 17.4 Å². The van der Waals surface area contributed by atoms with Crippen LogP contribution in [-0.4, -0.2) is 29.9 Å². The van der Waals surface area contributed by atoms with Gasteiger partial charge >= 0.3 is 0 Å². The summed E-state index contributed by atoms with van der Waals surface area (Å²) in [5, 5.41) is 8.87. The molecule has 1 atom stereocenters. The molecule has 29 heavy (non-hydrogen) atoms. The van der Waals surface area contributed by atoms with Gasteiger partial charge in [0.25, 0.3) is 5.91 Å². The summed E-state index contributed by atoms with van der Waals surface area (Å²) in [6.45, 7) is 2.37. The van der Waals surface area contributed by atoms with Gasteiger partial charge in [-0.1, -0.05) is 24.3 Å². The highest BCUT2D eigenvalue weighted by Crippen LogP contribution is 2.32. The van der Waals surface area contributed by atoms with Crippen molar-refractivity contribution >= 4 is 45.4 Å². The van der Waals surface area contributed by atoms with Gasteiger partial charge in [0.15, 0.2) is 0 Å². The van der Waals surface area contributed by atoms with E-state index in [-0.39, 0.29) is 24.3 Å². The fourth-order valence-electron chi connectivity index (χ4n) is 3.32. The Balaban J connectivity index is 1.42. The molecule has 0 saturated heterocycles. The molecular weight excluding hydrogens is 402 g/mol. The van der Waals surface area contributed by atoms with Crippen LogP contribution in [0, 0.1) is 6.92 Å². The zero-order valence-corrected chi connectivity index (χ0v) is 17.5. The molecule has 0 aliphatic rings. The number of H-pyrrole nitrogens is 1. The van der Waals surface area contributed by atoms with Crippen LogP contribution < -0.4 is 10.6 Å². The van der Waals surface area contributed by atoms with Crippen LogP contribution in [-0.2, 0) is 4.79 Å². The fourth-order valence-corrected chi connectivity index (χ4v) is 4.95. The Morgan fingerprint density at radius 2 is 1.93 bits per heavy atom. The molecule has 0 unspecified atom stereocenters. The molecule has 0 fully saturated rings. The Hall–Kier alpha value is -2.90. The van der Waals surface area contributed by atoms with E-state index >= 15 is 0 Å². The third-order valence-electron chi connectivity index (χ3n) is 4.76. The molecule has 1 aromatic carbocycles. The second-order valence-electron chi connectivity index (χ2n) is 6.75. The summed E-state index contributed by atoms with van der Waals surface area (Å²) in [6, 6.07) is 15.9. The van der Waals surface area contributed by atoms with E-state index in [4.69, 9.17) is 0 Å². The number of carbonyl (C=O) groups excluding carboxylic acids is 2. The Morgan fingerprint density at radius 3 is 2.69 bits per heavy atom. The Kier molecular flexibility index (Phi) is 5.78. The van der Waals surface area contributed by atoms with E-state index < -0.39 is 0 Å². The van der Waals surface area contributed by atoms with Crippen molar-refractivity contribution in [3.8, 4) is 0 Å². The van der Waals surface area contributed by atoms with Crippen molar-refractivity contribution in [2.75, 3.05) is 13.1 Å². The number of aryl methyl sites for hydroxylation is 1. The summed E-state index contributed by atoms with van der Waals surface area (Å²) in [5.41, 5.74) is 2.23. The number of nitrogens with one attached hydrogen (secondary N) is 3. The molecule has 0 bridgehead atoms. The number of hydrogen-bond acceptors (Lipinski definition) is 4. The van der Waals surface area contributed by atoms with Crippen molar-refractivity contribution in [3.05, 3.63) is 80.3 Å². The Bertz CT molecular complexity index is 1130. The average molecular weight is 424 g/mol. The number of hydrogen-bond donors (Lipinski definition) is 3. The number of benzene rings is 1. The second-order valence-corrected chi connectivity index (χ2v) is 9.02. The predicted octanol–water partition coefficient (Wildman–Crippen LogP) is 4.28. The second kappa shape index (κ2) is 8.63. The SMILES string of the molecule is Cc1ccc(C(=O)NCC(=O)NC[C@H](c2cccs2)c2c[nH]c3ccccc23)s1. The normalized spacial score (nSPS) is 12.0. The zero-order chi connectivity index (χ0) is 20.2. The smallest absolute Gasteiger partial charge is 0.261 e. The van der Waals surface area contributed by atoms with Gasteiger partial charge in [0.1, 0.15) is 0 Å². The lowest BCUT2D eigenvalue weighted by Gasteiger charge is -2.16. The van der Waals surface area contributed by atoms with Gasteiger partial charge in [0, 0.05) is 39.3 Å². The summed E-state index contributed by atoms with van der Waals surface area (Å²) in [7, 11) is 0. The number of thiophene rings is 2. The van der Waals surface area contributed by atoms with E-state index in [0.29, 0.717) is 11.4 Å². The molecule has 4 aromatic rings. The summed E-state index contributed by atoms with van der Waals surface area (Å²) in [5.74, 6) is -0.372. The van der Waals surface area contributed by atoms with Gasteiger partial charge in [-0.15, -0.1) is 22.7 Å². The minimum absolute atomic E-state index is 0.0408. The van der Waals surface area contributed by atoms with Gasteiger partial charge in [-0.3, -0.25) is 9.59 Å². The minimum Gasteiger partial charge on any atom is -0.361 e. The molecule has 3 N–H and O–H groups in total. The van der Waals surface area contributed by atoms with E-state index in [1.807, 2.05) is 48.8 Å². The highest BCUT2D eigenvalue weighted by Gasteiger charge is 2.20. The molecule has 0 radical (unpaired) electrons. The van der Waals surface area contributed by atoms with Gasteiger partial charge in [0.2, 0.25) is 5.91 Å². The number of carbonyl (C=O) groups is 2. The maximum absolute atomic E-state index is 12.4. The first-order valence-electron chi connectivity index (χ1n) is 9.32. The maximum atomic E-state index is 12.4. The van der Waals surface area contributed by atoms with Crippen LogP contribution in [0.15, 0.2) is 60.1 Å². The Labute approximate surface area is 176 Å². The maximum Gasteiger partial charge on any atom is 0.261 e. The first kappa shape index (κ1) is 19.4. The monoisotopic (exact) mass is 423 g/mol. The van der Waals surface area contributed by atoms with E-state index in [1.165, 1.54) is 16.2 Å². The quantitative estimate of drug-likeness (QED) is 0.415. The van der Waals surface area contributed by atoms with Crippen LogP contribution in [0.5, 0.6) is 0 Å². The number of aromatic amines is 1. The molecule has 0 aliphatic carbocycles. The van der Waals surface area contributed by atoms with E-state index in [0.717, 1.165) is 21.3 Å². The van der Waals surface area contributed by atoms with E-state index in [9.17, 15) is 9.59 Å². The summed E-state index contributed by atoms with van der Waals surface area (Å²) in [4.78, 5) is 30.7. The van der Waals surface area contributed by atoms with Gasteiger partial charge in [-0.05, 0) is 42.1 Å². The lowest BCUT2D eigenvalue weighted by Crippen LogP contribution is -2.38. The van der Waals surface area contributed by atoms with Crippen molar-refractivity contribution in [1.82, 2.24) is 15.6 Å². The molecular formula is C22H21N3O2S2. The van der Waals surface area contributed by atoms with Crippen LogP contribution in [0.3, 0.4) is 0 Å². The number of aromatic nitrogens is 1. The lowest BCUT2D eigenvalue weighted by molar-refractivity contribution is -0.120. The third kappa shape index (κ3) is 4.41. The number of amides is 2. The topological polar surface area (TPSA) is 74.0 Å². The van der Waals surface area contributed by atoms with Crippen LogP contribution in [0.4, 0.5) is 0 Å². The Morgan fingerprint density at radius 1 is 1.07 bits per heavy atom. The van der Waals surface area contributed by atoms with Gasteiger partial charge in [0.05, 0.1) is 11.4 Å². The van der Waals surface area contributed by atoms with Gasteiger partial charge in [-0.25, -0.2) is 0 Å². The van der Waals surface area contributed by atoms with Crippen molar-refractivity contribution < 1.29 is 9.59 Å². The standard InChI is InChI=1S/C22H21N3O2S2/c1-14-8-9-20(29-14)22(27)25-13-21(26)24-12-17(19-7-4-10-28-19)16-11-23-18-6-3-2-5-15(16)18/h2-11,17,23H,12-13H2,1H3,(H,24,26)(H,25,27)/t17-/m0/s1. The van der Waals surface area contributed by atoms with E-state index in [2.05, 4.69) is 27.8 Å². The van der Waals surface area contributed by atoms with Crippen LogP contribution in [0.25, 0.3) is 10.9 Å². The van der Waals surface area contributed by atoms with Crippen molar-refractivity contribution in [3.63, 3.8) is 0 Å². The molecule has 3 heterocycles. The molecule has 2 amide bonds. The summed E-state index contributed by atoms with van der Waals surface area (Å²) in [6.07, 6.45) is 2.02. The van der Waals surface area contributed by atoms with Crippen LogP contribution in [0.2, 0.25) is 0 Å². The first-order chi connectivity index (χ1) is 14.1. The number of rotatable bonds is 7. The van der Waals surface area contributed by atoms with Gasteiger partial charge in [-0.2, -0.15) is 0 Å². The molecule has 3 aromatic heterocycles. The highest BCUT2D eigenvalue weighted by atomic mass is 32.1. The molecule has 148 valence electrons. The number of fused-ring (bicyclic) bond motifs is 1. The fraction of sp³-hybridized carbons (Fsp3) is 0.182. The summed E-state index contributed by atoms with van der Waals surface area (Å²) >= 11 is 3.09. The largest absolute Gasteiger partial charge is 0.361 e. The first-order valence-corrected chi connectivity index (χ1v) is 11.0.